The van der Waals surface area contributed by atoms with Gasteiger partial charge < -0.3 is 10.2 Å². The monoisotopic (exact) mass is 238 g/mol. The zero-order valence-corrected chi connectivity index (χ0v) is 10.00. The summed E-state index contributed by atoms with van der Waals surface area (Å²) in [4.78, 5) is 4.36. The number of halogens is 1. The highest BCUT2D eigenvalue weighted by molar-refractivity contribution is 6.31. The molecule has 1 unspecified atom stereocenters. The number of hydrogen-bond acceptors (Lipinski definition) is 3. The van der Waals surface area contributed by atoms with Gasteiger partial charge in [-0.15, -0.1) is 0 Å². The summed E-state index contributed by atoms with van der Waals surface area (Å²) in [6, 6.07) is 5.29. The summed E-state index contributed by atoms with van der Waals surface area (Å²) in [7, 11) is 0. The molecule has 3 nitrogen and oxygen atoms in total. The van der Waals surface area contributed by atoms with Crippen molar-refractivity contribution in [3.8, 4) is 0 Å². The molecule has 1 heterocycles. The maximum absolute atomic E-state index is 5.99. The van der Waals surface area contributed by atoms with Crippen molar-refractivity contribution in [2.24, 2.45) is 5.73 Å². The van der Waals surface area contributed by atoms with E-state index in [1.54, 1.807) is 12.1 Å². The van der Waals surface area contributed by atoms with Crippen molar-refractivity contribution >= 4 is 22.7 Å². The highest BCUT2D eigenvalue weighted by Crippen LogP contribution is 2.24. The molecular formula is C12H15ClN2O. The number of unbranched alkanes of at least 4 members (excludes halogenated alkanes) is 1. The van der Waals surface area contributed by atoms with Gasteiger partial charge >= 0.3 is 0 Å². The first-order chi connectivity index (χ1) is 7.70. The van der Waals surface area contributed by atoms with Crippen molar-refractivity contribution in [2.75, 3.05) is 0 Å². The molecule has 0 amide bonds. The number of fused-ring (bicyclic) bond motifs is 1. The van der Waals surface area contributed by atoms with E-state index in [4.69, 9.17) is 21.8 Å². The van der Waals surface area contributed by atoms with Crippen LogP contribution in [0.1, 0.15) is 38.1 Å². The van der Waals surface area contributed by atoms with Crippen LogP contribution < -0.4 is 5.73 Å². The molecule has 2 N–H and O–H groups in total. The molecule has 2 aromatic rings. The van der Waals surface area contributed by atoms with E-state index in [9.17, 15) is 0 Å². The van der Waals surface area contributed by atoms with Crippen LogP contribution in [0.2, 0.25) is 5.02 Å². The molecule has 0 fully saturated rings. The van der Waals surface area contributed by atoms with Crippen LogP contribution in [-0.4, -0.2) is 4.98 Å². The summed E-state index contributed by atoms with van der Waals surface area (Å²) in [6.45, 7) is 2.14. The lowest BCUT2D eigenvalue weighted by atomic mass is 10.1. The number of benzene rings is 1. The molecule has 0 aliphatic carbocycles. The minimum absolute atomic E-state index is 0.119. The third kappa shape index (κ3) is 2.36. The molecule has 4 heteroatoms. The van der Waals surface area contributed by atoms with Gasteiger partial charge in [0.1, 0.15) is 5.52 Å². The lowest BCUT2D eigenvalue weighted by Crippen LogP contribution is -2.10. The van der Waals surface area contributed by atoms with E-state index in [1.807, 2.05) is 6.07 Å². The average molecular weight is 239 g/mol. The Balaban J connectivity index is 2.25. The molecule has 1 aromatic carbocycles. The summed E-state index contributed by atoms with van der Waals surface area (Å²) >= 11 is 5.87. The minimum Gasteiger partial charge on any atom is -0.439 e. The number of nitrogens with zero attached hydrogens (tertiary/aromatic N) is 1. The first-order valence-electron chi connectivity index (χ1n) is 5.52. The first kappa shape index (κ1) is 11.4. The van der Waals surface area contributed by atoms with E-state index in [2.05, 4.69) is 11.9 Å². The molecule has 2 rings (SSSR count). The number of rotatable bonds is 4. The quantitative estimate of drug-likeness (QED) is 0.884. The number of hydrogen-bond donors (Lipinski definition) is 1. The third-order valence-electron chi connectivity index (χ3n) is 2.55. The Labute approximate surface area is 99.6 Å². The Morgan fingerprint density at radius 1 is 1.50 bits per heavy atom. The Morgan fingerprint density at radius 3 is 3.06 bits per heavy atom. The molecule has 0 radical (unpaired) electrons. The SMILES string of the molecule is CCCCC(N)c1nc2ccc(Cl)cc2o1. The van der Waals surface area contributed by atoms with Crippen molar-refractivity contribution in [1.29, 1.82) is 0 Å². The lowest BCUT2D eigenvalue weighted by molar-refractivity contribution is 0.450. The highest BCUT2D eigenvalue weighted by atomic mass is 35.5. The van der Waals surface area contributed by atoms with E-state index < -0.39 is 0 Å². The van der Waals surface area contributed by atoms with Crippen LogP contribution in [0.5, 0.6) is 0 Å². The van der Waals surface area contributed by atoms with Gasteiger partial charge in [-0.3, -0.25) is 0 Å². The fraction of sp³-hybridized carbons (Fsp3) is 0.417. The maximum atomic E-state index is 5.99. The van der Waals surface area contributed by atoms with Crippen LogP contribution in [-0.2, 0) is 0 Å². The van der Waals surface area contributed by atoms with Crippen LogP contribution >= 0.6 is 11.6 Å². The average Bonchev–Trinajstić information content (AvgIpc) is 2.68. The van der Waals surface area contributed by atoms with Gasteiger partial charge in [0.05, 0.1) is 6.04 Å². The molecule has 0 saturated heterocycles. The summed E-state index contributed by atoms with van der Waals surface area (Å²) < 4.78 is 5.59. The van der Waals surface area contributed by atoms with Crippen LogP contribution in [0.15, 0.2) is 22.6 Å². The lowest BCUT2D eigenvalue weighted by Gasteiger charge is -2.04. The van der Waals surface area contributed by atoms with Gasteiger partial charge in [0.15, 0.2) is 5.58 Å². The highest BCUT2D eigenvalue weighted by Gasteiger charge is 2.13. The van der Waals surface area contributed by atoms with Gasteiger partial charge in [-0.1, -0.05) is 31.4 Å². The summed E-state index contributed by atoms with van der Waals surface area (Å²) in [6.07, 6.45) is 3.11. The topological polar surface area (TPSA) is 52.0 Å². The van der Waals surface area contributed by atoms with Crippen LogP contribution in [0.4, 0.5) is 0 Å². The van der Waals surface area contributed by atoms with E-state index in [-0.39, 0.29) is 6.04 Å². The summed E-state index contributed by atoms with van der Waals surface area (Å²) in [5.41, 5.74) is 7.51. The molecule has 1 atom stereocenters. The van der Waals surface area contributed by atoms with Crippen molar-refractivity contribution in [1.82, 2.24) is 4.98 Å². The molecule has 0 aliphatic rings. The number of oxazole rings is 1. The Kier molecular flexibility index (Phi) is 3.46. The predicted molar refractivity (Wildman–Crippen MR) is 65.5 cm³/mol. The molecule has 0 spiro atoms. The van der Waals surface area contributed by atoms with Crippen molar-refractivity contribution in [3.05, 3.63) is 29.1 Å². The standard InChI is InChI=1S/C12H15ClN2O/c1-2-3-4-9(14)12-15-10-6-5-8(13)7-11(10)16-12/h5-7,9H,2-4,14H2,1H3. The van der Waals surface area contributed by atoms with Crippen LogP contribution in [0, 0.1) is 0 Å². The molecule has 86 valence electrons. The first-order valence-corrected chi connectivity index (χ1v) is 5.90. The normalized spacial score (nSPS) is 13.2. The van der Waals surface area contributed by atoms with E-state index in [0.29, 0.717) is 16.5 Å². The third-order valence-corrected chi connectivity index (χ3v) is 2.79. The molecule has 16 heavy (non-hydrogen) atoms. The van der Waals surface area contributed by atoms with Gasteiger partial charge in [0, 0.05) is 11.1 Å². The number of aromatic nitrogens is 1. The molecular weight excluding hydrogens is 224 g/mol. The second kappa shape index (κ2) is 4.85. The Morgan fingerprint density at radius 2 is 2.31 bits per heavy atom. The fourth-order valence-corrected chi connectivity index (χ4v) is 1.78. The Bertz CT molecular complexity index is 481. The zero-order valence-electron chi connectivity index (χ0n) is 9.24. The van der Waals surface area contributed by atoms with Gasteiger partial charge in [0.25, 0.3) is 0 Å². The van der Waals surface area contributed by atoms with Crippen molar-refractivity contribution < 1.29 is 4.42 Å². The second-order valence-corrected chi connectivity index (χ2v) is 4.35. The van der Waals surface area contributed by atoms with E-state index >= 15 is 0 Å². The van der Waals surface area contributed by atoms with Gasteiger partial charge in [-0.2, -0.15) is 0 Å². The van der Waals surface area contributed by atoms with E-state index in [0.717, 1.165) is 24.8 Å². The smallest absolute Gasteiger partial charge is 0.212 e. The fourth-order valence-electron chi connectivity index (χ4n) is 1.62. The van der Waals surface area contributed by atoms with Gasteiger partial charge in [0.2, 0.25) is 5.89 Å². The molecule has 0 saturated carbocycles. The summed E-state index contributed by atoms with van der Waals surface area (Å²) in [5, 5.41) is 0.650. The largest absolute Gasteiger partial charge is 0.439 e. The van der Waals surface area contributed by atoms with Crippen molar-refractivity contribution in [3.63, 3.8) is 0 Å². The van der Waals surface area contributed by atoms with Gasteiger partial charge in [-0.25, -0.2) is 4.98 Å². The summed E-state index contributed by atoms with van der Waals surface area (Å²) in [5.74, 6) is 0.603. The predicted octanol–water partition coefficient (Wildman–Crippen LogP) is 3.67. The van der Waals surface area contributed by atoms with E-state index in [1.165, 1.54) is 0 Å². The Hall–Kier alpha value is -1.06. The van der Waals surface area contributed by atoms with Crippen LogP contribution in [0.25, 0.3) is 11.1 Å². The van der Waals surface area contributed by atoms with Gasteiger partial charge in [-0.05, 0) is 18.6 Å². The van der Waals surface area contributed by atoms with Crippen LogP contribution in [0.3, 0.4) is 0 Å². The van der Waals surface area contributed by atoms with Crippen molar-refractivity contribution in [2.45, 2.75) is 32.2 Å². The number of nitrogens with two attached hydrogens (primary N) is 1. The maximum Gasteiger partial charge on any atom is 0.212 e. The molecule has 0 bridgehead atoms. The second-order valence-electron chi connectivity index (χ2n) is 3.91. The zero-order chi connectivity index (χ0) is 11.5. The molecule has 0 aliphatic heterocycles. The molecule has 1 aromatic heterocycles. The minimum atomic E-state index is -0.119.